The predicted octanol–water partition coefficient (Wildman–Crippen LogP) is 12.9. The van der Waals surface area contributed by atoms with Gasteiger partial charge in [0.2, 0.25) is 0 Å². The van der Waals surface area contributed by atoms with Crippen molar-refractivity contribution in [2.24, 2.45) is 0 Å². The number of likely N-dealkylation sites (N-methyl/N-ethyl adjacent to an activating group) is 1. The SMILES string of the molecule is CCCCC/C=C\C[C@H](O)/C=C/C=C\C/C=C\CCCC(=O)O[C@H](COC(=O)CCCCCCCC/C=C\C/C=C\C/C=C\CCCCCC)COP(=O)(O)OCC[N+](C)(C)C. The van der Waals surface area contributed by atoms with Crippen LogP contribution in [0.2, 0.25) is 0 Å². The van der Waals surface area contributed by atoms with E-state index in [1.165, 1.54) is 51.4 Å². The van der Waals surface area contributed by atoms with E-state index in [4.69, 9.17) is 18.5 Å². The zero-order valence-corrected chi connectivity index (χ0v) is 40.6. The van der Waals surface area contributed by atoms with Crippen LogP contribution >= 0.6 is 7.82 Å². The number of nitrogens with zero attached hydrogens (tertiary/aromatic N) is 1. The molecule has 11 heteroatoms. The largest absolute Gasteiger partial charge is 0.472 e. The highest BCUT2D eigenvalue weighted by molar-refractivity contribution is 7.47. The fraction of sp³-hybridized carbons (Fsp3) is 0.686. The van der Waals surface area contributed by atoms with Gasteiger partial charge in [0.15, 0.2) is 6.10 Å². The molecule has 0 aromatic rings. The summed E-state index contributed by atoms with van der Waals surface area (Å²) in [5.74, 6) is -0.925. The third kappa shape index (κ3) is 45.2. The maximum atomic E-state index is 12.7. The van der Waals surface area contributed by atoms with Crippen LogP contribution in [0.5, 0.6) is 0 Å². The Labute approximate surface area is 378 Å². The van der Waals surface area contributed by atoms with E-state index in [0.717, 1.165) is 64.2 Å². The molecule has 10 nitrogen and oxygen atoms in total. The monoisotopic (exact) mass is 891 g/mol. The van der Waals surface area contributed by atoms with Crippen LogP contribution in [0.15, 0.2) is 85.1 Å². The van der Waals surface area contributed by atoms with Gasteiger partial charge in [-0.25, -0.2) is 4.57 Å². The van der Waals surface area contributed by atoms with Crippen LogP contribution in [0.1, 0.15) is 168 Å². The number of phosphoric acid groups is 1. The molecule has 0 rings (SSSR count). The first-order valence-corrected chi connectivity index (χ1v) is 25.4. The summed E-state index contributed by atoms with van der Waals surface area (Å²) in [7, 11) is 1.38. The summed E-state index contributed by atoms with van der Waals surface area (Å²) in [5, 5.41) is 10.1. The number of unbranched alkanes of at least 4 members (excludes halogenated alkanes) is 14. The van der Waals surface area contributed by atoms with Crippen molar-refractivity contribution in [2.75, 3.05) is 47.5 Å². The summed E-state index contributed by atoms with van der Waals surface area (Å²) >= 11 is 0. The minimum absolute atomic E-state index is 0.00361. The molecule has 1 unspecified atom stereocenters. The Morgan fingerprint density at radius 1 is 0.581 bits per heavy atom. The van der Waals surface area contributed by atoms with Crippen LogP contribution in [-0.2, 0) is 32.7 Å². The summed E-state index contributed by atoms with van der Waals surface area (Å²) in [6.07, 6.45) is 50.9. The lowest BCUT2D eigenvalue weighted by Gasteiger charge is -2.24. The van der Waals surface area contributed by atoms with Crippen LogP contribution in [-0.4, -0.2) is 86.1 Å². The molecule has 356 valence electrons. The van der Waals surface area contributed by atoms with Gasteiger partial charge in [0, 0.05) is 12.8 Å². The van der Waals surface area contributed by atoms with Crippen molar-refractivity contribution in [3.05, 3.63) is 85.1 Å². The molecule has 2 N–H and O–H groups in total. The molecule has 0 fully saturated rings. The van der Waals surface area contributed by atoms with E-state index in [-0.39, 0.29) is 26.1 Å². The molecule has 0 bridgehead atoms. The van der Waals surface area contributed by atoms with Crippen molar-refractivity contribution in [3.63, 3.8) is 0 Å². The number of hydrogen-bond donors (Lipinski definition) is 2. The van der Waals surface area contributed by atoms with Crippen molar-refractivity contribution < 1.29 is 47.2 Å². The number of rotatable bonds is 42. The molecular formula is C51H89NO9P+. The zero-order valence-electron chi connectivity index (χ0n) is 39.7. The predicted molar refractivity (Wildman–Crippen MR) is 258 cm³/mol. The normalized spacial score (nSPS) is 14.8. The number of carbonyl (C=O) groups excluding carboxylic acids is 2. The van der Waals surface area contributed by atoms with Crippen molar-refractivity contribution in [2.45, 2.75) is 180 Å². The summed E-state index contributed by atoms with van der Waals surface area (Å²) in [6, 6.07) is 0. The second kappa shape index (κ2) is 42.1. The topological polar surface area (TPSA) is 129 Å². The van der Waals surface area contributed by atoms with E-state index in [0.29, 0.717) is 36.7 Å². The van der Waals surface area contributed by atoms with Crippen molar-refractivity contribution >= 4 is 19.8 Å². The number of allylic oxidation sites excluding steroid dienone is 12. The van der Waals surface area contributed by atoms with Crippen LogP contribution in [0, 0.1) is 0 Å². The third-order valence-corrected chi connectivity index (χ3v) is 10.7. The smallest absolute Gasteiger partial charge is 0.462 e. The molecule has 0 radical (unpaired) electrons. The van der Waals surface area contributed by atoms with E-state index in [2.05, 4.69) is 56.4 Å². The van der Waals surface area contributed by atoms with Gasteiger partial charge in [-0.05, 0) is 83.5 Å². The van der Waals surface area contributed by atoms with Crippen LogP contribution in [0.3, 0.4) is 0 Å². The van der Waals surface area contributed by atoms with Crippen molar-refractivity contribution in [3.8, 4) is 0 Å². The lowest BCUT2D eigenvalue weighted by atomic mass is 10.1. The molecule has 0 aliphatic rings. The highest BCUT2D eigenvalue weighted by Crippen LogP contribution is 2.43. The zero-order chi connectivity index (χ0) is 45.8. The highest BCUT2D eigenvalue weighted by atomic mass is 31.2. The fourth-order valence-electron chi connectivity index (χ4n) is 5.92. The minimum atomic E-state index is -4.42. The van der Waals surface area contributed by atoms with Gasteiger partial charge in [-0.1, -0.05) is 157 Å². The number of esters is 2. The first kappa shape index (κ1) is 59.1. The molecule has 0 aliphatic carbocycles. The summed E-state index contributed by atoms with van der Waals surface area (Å²) in [4.78, 5) is 35.4. The minimum Gasteiger partial charge on any atom is -0.462 e. The van der Waals surface area contributed by atoms with Gasteiger partial charge in [0.25, 0.3) is 0 Å². The van der Waals surface area contributed by atoms with E-state index in [1.54, 1.807) is 6.08 Å². The molecule has 0 aromatic heterocycles. The van der Waals surface area contributed by atoms with E-state index < -0.39 is 38.6 Å². The standard InChI is InChI=1S/C51H88NO9P/c1-6-8-10-12-14-15-16-17-18-19-20-21-22-23-24-25-26-30-34-38-42-50(54)58-46-49(47-60-62(56,57)59-45-44-52(3,4)5)61-51(55)43-39-35-31-28-27-29-33-37-41-48(53)40-36-32-13-11-9-7-2/h15-16,18-19,21-22,28-29,31-33,36-37,41,48-49,53H,6-14,17,20,23-27,30,34-35,38-40,42-47H2,1-5H3/p+1/b16-15-,19-18-,22-21-,31-28-,33-29-,36-32-,41-37+/t48-,49+/m0/s1. The number of phosphoric ester groups is 1. The van der Waals surface area contributed by atoms with Gasteiger partial charge < -0.3 is 24.0 Å². The Bertz CT molecular complexity index is 1340. The number of hydrogen-bond acceptors (Lipinski definition) is 8. The van der Waals surface area contributed by atoms with Crippen molar-refractivity contribution in [1.82, 2.24) is 0 Å². The Kier molecular flexibility index (Phi) is 40.2. The quantitative estimate of drug-likeness (QED) is 0.0154. The van der Waals surface area contributed by atoms with E-state index in [9.17, 15) is 24.2 Å². The van der Waals surface area contributed by atoms with Gasteiger partial charge in [-0.15, -0.1) is 0 Å². The summed E-state index contributed by atoms with van der Waals surface area (Å²) in [6.45, 7) is 4.19. The number of aliphatic hydroxyl groups is 1. The van der Waals surface area contributed by atoms with E-state index >= 15 is 0 Å². The fourth-order valence-corrected chi connectivity index (χ4v) is 6.66. The first-order chi connectivity index (χ1) is 29.9. The molecule has 0 amide bonds. The van der Waals surface area contributed by atoms with E-state index in [1.807, 2.05) is 57.6 Å². The molecule has 0 saturated heterocycles. The van der Waals surface area contributed by atoms with Gasteiger partial charge in [-0.3, -0.25) is 18.6 Å². The average Bonchev–Trinajstić information content (AvgIpc) is 3.22. The second-order valence-electron chi connectivity index (χ2n) is 17.0. The maximum Gasteiger partial charge on any atom is 0.472 e. The molecule has 3 atom stereocenters. The molecule has 0 saturated carbocycles. The van der Waals surface area contributed by atoms with Gasteiger partial charge in [0.05, 0.1) is 33.9 Å². The van der Waals surface area contributed by atoms with Crippen molar-refractivity contribution in [1.29, 1.82) is 0 Å². The number of aliphatic hydroxyl groups excluding tert-OH is 1. The Balaban J connectivity index is 4.49. The Morgan fingerprint density at radius 3 is 1.71 bits per heavy atom. The highest BCUT2D eigenvalue weighted by Gasteiger charge is 2.27. The molecular weight excluding hydrogens is 802 g/mol. The second-order valence-corrected chi connectivity index (χ2v) is 18.4. The van der Waals surface area contributed by atoms with Crippen LogP contribution < -0.4 is 0 Å². The summed E-state index contributed by atoms with van der Waals surface area (Å²) < 4.78 is 34.2. The summed E-state index contributed by atoms with van der Waals surface area (Å²) in [5.41, 5.74) is 0. The Morgan fingerprint density at radius 2 is 1.08 bits per heavy atom. The lowest BCUT2D eigenvalue weighted by molar-refractivity contribution is -0.870. The van der Waals surface area contributed by atoms with Crippen LogP contribution in [0.4, 0.5) is 0 Å². The molecule has 0 heterocycles. The van der Waals surface area contributed by atoms with Gasteiger partial charge in [-0.2, -0.15) is 0 Å². The number of carbonyl (C=O) groups is 2. The Hall–Kier alpha value is -2.85. The lowest BCUT2D eigenvalue weighted by Crippen LogP contribution is -2.37. The average molecular weight is 891 g/mol. The van der Waals surface area contributed by atoms with Crippen LogP contribution in [0.25, 0.3) is 0 Å². The third-order valence-electron chi connectivity index (χ3n) is 9.73. The van der Waals surface area contributed by atoms with Gasteiger partial charge >= 0.3 is 19.8 Å². The molecule has 62 heavy (non-hydrogen) atoms. The molecule has 0 spiro atoms. The van der Waals surface area contributed by atoms with Gasteiger partial charge in [0.1, 0.15) is 19.8 Å². The molecule has 0 aliphatic heterocycles. The number of ether oxygens (including phenoxy) is 2. The molecule has 0 aromatic carbocycles. The number of quaternary nitrogens is 1. The first-order valence-electron chi connectivity index (χ1n) is 23.9. The maximum absolute atomic E-state index is 12.7.